The van der Waals surface area contributed by atoms with Crippen LogP contribution in [0.25, 0.3) is 0 Å². The second-order valence-electron chi connectivity index (χ2n) is 6.10. The van der Waals surface area contributed by atoms with E-state index in [1.807, 2.05) is 6.07 Å². The molecule has 0 bridgehead atoms. The lowest BCUT2D eigenvalue weighted by atomic mass is 10.0. The number of nitrogens with zero attached hydrogens (tertiary/aromatic N) is 3. The molecule has 0 unspecified atom stereocenters. The zero-order valence-corrected chi connectivity index (χ0v) is 14.6. The average molecular weight is 331 g/mol. The molecule has 1 aromatic carbocycles. The van der Waals surface area contributed by atoms with Crippen molar-refractivity contribution in [3.05, 3.63) is 35.5 Å². The molecule has 1 saturated heterocycles. The van der Waals surface area contributed by atoms with Crippen LogP contribution < -0.4 is 9.47 Å². The molecular weight excluding hydrogens is 306 g/mol. The van der Waals surface area contributed by atoms with E-state index in [1.54, 1.807) is 14.2 Å². The van der Waals surface area contributed by atoms with E-state index in [0.717, 1.165) is 49.6 Å². The van der Waals surface area contributed by atoms with Crippen molar-refractivity contribution in [1.82, 2.24) is 15.0 Å². The minimum Gasteiger partial charge on any atom is -0.493 e. The van der Waals surface area contributed by atoms with Crippen LogP contribution in [0.3, 0.4) is 0 Å². The van der Waals surface area contributed by atoms with Crippen LogP contribution in [0.4, 0.5) is 0 Å². The van der Waals surface area contributed by atoms with Crippen molar-refractivity contribution in [3.63, 3.8) is 0 Å². The highest BCUT2D eigenvalue weighted by Crippen LogP contribution is 2.37. The fraction of sp³-hybridized carbons (Fsp3) is 0.556. The van der Waals surface area contributed by atoms with Crippen LogP contribution in [-0.2, 0) is 13.0 Å². The smallest absolute Gasteiger partial charge is 0.240 e. The van der Waals surface area contributed by atoms with Gasteiger partial charge in [-0.25, -0.2) is 0 Å². The van der Waals surface area contributed by atoms with Crippen molar-refractivity contribution in [3.8, 4) is 11.5 Å². The lowest BCUT2D eigenvalue weighted by Gasteiger charge is -2.23. The van der Waals surface area contributed by atoms with Gasteiger partial charge in [0.05, 0.1) is 20.8 Å². The van der Waals surface area contributed by atoms with Gasteiger partial charge < -0.3 is 14.0 Å². The third-order valence-electron chi connectivity index (χ3n) is 4.48. The number of hydrogen-bond acceptors (Lipinski definition) is 6. The maximum Gasteiger partial charge on any atom is 0.240 e. The van der Waals surface area contributed by atoms with E-state index in [0.29, 0.717) is 18.5 Å². The molecule has 2 aromatic rings. The minimum atomic E-state index is 0.339. The van der Waals surface area contributed by atoms with Gasteiger partial charge in [-0.05, 0) is 43.5 Å². The largest absolute Gasteiger partial charge is 0.493 e. The Balaban J connectivity index is 1.75. The molecule has 2 heterocycles. The molecule has 1 aliphatic heterocycles. The molecule has 0 N–H and O–H groups in total. The number of ether oxygens (including phenoxy) is 2. The van der Waals surface area contributed by atoms with Crippen LogP contribution in [-0.4, -0.2) is 35.8 Å². The molecule has 0 radical (unpaired) electrons. The summed E-state index contributed by atoms with van der Waals surface area (Å²) in [7, 11) is 3.32. The topological polar surface area (TPSA) is 60.6 Å². The molecule has 130 valence electrons. The van der Waals surface area contributed by atoms with Gasteiger partial charge in [0.25, 0.3) is 0 Å². The fourth-order valence-electron chi connectivity index (χ4n) is 3.31. The van der Waals surface area contributed by atoms with Crippen molar-refractivity contribution >= 4 is 0 Å². The first kappa shape index (κ1) is 16.8. The van der Waals surface area contributed by atoms with Gasteiger partial charge in [-0.2, -0.15) is 4.98 Å². The molecule has 24 heavy (non-hydrogen) atoms. The Bertz CT molecular complexity index is 671. The molecular formula is C18H25N3O3. The number of methoxy groups -OCH3 is 2. The third-order valence-corrected chi connectivity index (χ3v) is 4.48. The van der Waals surface area contributed by atoms with Crippen LogP contribution in [0, 0.1) is 0 Å². The highest BCUT2D eigenvalue weighted by molar-refractivity contribution is 5.44. The molecule has 1 aliphatic rings. The van der Waals surface area contributed by atoms with E-state index >= 15 is 0 Å². The van der Waals surface area contributed by atoms with E-state index < -0.39 is 0 Å². The van der Waals surface area contributed by atoms with E-state index in [2.05, 4.69) is 34.1 Å². The van der Waals surface area contributed by atoms with E-state index in [1.165, 1.54) is 5.56 Å². The van der Waals surface area contributed by atoms with Gasteiger partial charge in [-0.15, -0.1) is 0 Å². The molecule has 6 nitrogen and oxygen atoms in total. The number of likely N-dealkylation sites (tertiary alicyclic amines) is 1. The number of aromatic nitrogens is 2. The maximum atomic E-state index is 5.44. The molecule has 0 amide bonds. The summed E-state index contributed by atoms with van der Waals surface area (Å²) in [6, 6.07) is 6.49. The van der Waals surface area contributed by atoms with Crippen LogP contribution >= 0.6 is 0 Å². The number of rotatable bonds is 7. The highest BCUT2D eigenvalue weighted by atomic mass is 16.5. The Morgan fingerprint density at radius 3 is 2.83 bits per heavy atom. The van der Waals surface area contributed by atoms with E-state index in [9.17, 15) is 0 Å². The van der Waals surface area contributed by atoms with Crippen molar-refractivity contribution < 1.29 is 14.0 Å². The highest BCUT2D eigenvalue weighted by Gasteiger charge is 2.28. The van der Waals surface area contributed by atoms with Gasteiger partial charge in [0.1, 0.15) is 0 Å². The predicted molar refractivity (Wildman–Crippen MR) is 90.2 cm³/mol. The summed E-state index contributed by atoms with van der Waals surface area (Å²) >= 11 is 0. The molecule has 0 aliphatic carbocycles. The molecule has 0 spiro atoms. The lowest BCUT2D eigenvalue weighted by Crippen LogP contribution is -2.23. The number of aryl methyl sites for hydroxylation is 1. The summed E-state index contributed by atoms with van der Waals surface area (Å²) < 4.78 is 16.2. The quantitative estimate of drug-likeness (QED) is 0.775. The first-order valence-corrected chi connectivity index (χ1v) is 8.52. The Morgan fingerprint density at radius 2 is 2.08 bits per heavy atom. The summed E-state index contributed by atoms with van der Waals surface area (Å²) in [5.41, 5.74) is 1.23. The average Bonchev–Trinajstić information content (AvgIpc) is 3.24. The minimum absolute atomic E-state index is 0.339. The third kappa shape index (κ3) is 3.53. The Morgan fingerprint density at radius 1 is 1.25 bits per heavy atom. The zero-order chi connectivity index (χ0) is 16.9. The zero-order valence-electron chi connectivity index (χ0n) is 14.6. The summed E-state index contributed by atoms with van der Waals surface area (Å²) in [6.07, 6.45) is 4.17. The maximum absolute atomic E-state index is 5.44. The Kier molecular flexibility index (Phi) is 5.35. The first-order valence-electron chi connectivity index (χ1n) is 8.52. The summed E-state index contributed by atoms with van der Waals surface area (Å²) in [5, 5.41) is 4.05. The Labute approximate surface area is 142 Å². The second kappa shape index (κ2) is 7.66. The van der Waals surface area contributed by atoms with Crippen LogP contribution in [0.5, 0.6) is 11.5 Å². The van der Waals surface area contributed by atoms with Gasteiger partial charge >= 0.3 is 0 Å². The number of hydrogen-bond donors (Lipinski definition) is 0. The molecule has 1 fully saturated rings. The second-order valence-corrected chi connectivity index (χ2v) is 6.10. The molecule has 6 heteroatoms. The monoisotopic (exact) mass is 331 g/mol. The predicted octanol–water partition coefficient (Wildman–Crippen LogP) is 3.38. The number of benzene rings is 1. The fourth-order valence-corrected chi connectivity index (χ4v) is 3.31. The van der Waals surface area contributed by atoms with Gasteiger partial charge in [-0.3, -0.25) is 4.90 Å². The van der Waals surface area contributed by atoms with Gasteiger partial charge in [0, 0.05) is 12.5 Å². The van der Waals surface area contributed by atoms with E-state index in [-0.39, 0.29) is 0 Å². The standard InChI is InChI=1S/C18H25N3O3/c1-4-6-17-19-18(24-20-17)12-21-10-5-7-14(21)13-8-9-15(22-2)16(11-13)23-3/h8-9,11,14H,4-7,10,12H2,1-3H3/t14-/m0/s1. The SMILES string of the molecule is CCCc1noc(CN2CCC[C@H]2c2ccc(OC)c(OC)c2)n1. The normalized spacial score (nSPS) is 18.0. The first-order chi connectivity index (χ1) is 11.7. The van der Waals surface area contributed by atoms with Crippen LogP contribution in [0.2, 0.25) is 0 Å². The molecule has 3 rings (SSSR count). The molecule has 1 aromatic heterocycles. The van der Waals surface area contributed by atoms with Gasteiger partial charge in [0.2, 0.25) is 5.89 Å². The van der Waals surface area contributed by atoms with Crippen molar-refractivity contribution in [2.75, 3.05) is 20.8 Å². The molecule has 1 atom stereocenters. The van der Waals surface area contributed by atoms with E-state index in [4.69, 9.17) is 14.0 Å². The van der Waals surface area contributed by atoms with Crippen molar-refractivity contribution in [2.45, 2.75) is 45.2 Å². The summed E-state index contributed by atoms with van der Waals surface area (Å²) in [4.78, 5) is 6.88. The van der Waals surface area contributed by atoms with Gasteiger partial charge in [0.15, 0.2) is 17.3 Å². The summed E-state index contributed by atoms with van der Waals surface area (Å²) in [6.45, 7) is 3.84. The van der Waals surface area contributed by atoms with Crippen molar-refractivity contribution in [1.29, 1.82) is 0 Å². The summed E-state index contributed by atoms with van der Waals surface area (Å²) in [5.74, 6) is 3.02. The van der Waals surface area contributed by atoms with Crippen molar-refractivity contribution in [2.24, 2.45) is 0 Å². The molecule has 0 saturated carbocycles. The Hall–Kier alpha value is -2.08. The lowest BCUT2D eigenvalue weighted by molar-refractivity contribution is 0.212. The van der Waals surface area contributed by atoms with Crippen LogP contribution in [0.1, 0.15) is 49.5 Å². The van der Waals surface area contributed by atoms with Gasteiger partial charge in [-0.1, -0.05) is 18.1 Å². The van der Waals surface area contributed by atoms with Crippen LogP contribution in [0.15, 0.2) is 22.7 Å².